The number of carbonyl (C=O) groups excluding carboxylic acids is 2. The van der Waals surface area contributed by atoms with Crippen molar-refractivity contribution in [2.45, 2.75) is 51.9 Å². The van der Waals surface area contributed by atoms with Gasteiger partial charge in [-0.3, -0.25) is 19.4 Å². The SMILES string of the molecule is CCCCCCOc1ccc(C=C2SC(=O)N(CN3CCCCC3)C2=O)cc1. The van der Waals surface area contributed by atoms with Crippen LogP contribution >= 0.6 is 11.8 Å². The molecule has 0 unspecified atom stereocenters. The summed E-state index contributed by atoms with van der Waals surface area (Å²) in [6.07, 6.45) is 10.0. The van der Waals surface area contributed by atoms with E-state index in [-0.39, 0.29) is 11.1 Å². The summed E-state index contributed by atoms with van der Waals surface area (Å²) in [5.74, 6) is 0.656. The second kappa shape index (κ2) is 10.7. The number of hydrogen-bond acceptors (Lipinski definition) is 5. The van der Waals surface area contributed by atoms with Gasteiger partial charge in [-0.2, -0.15) is 0 Å². The Kier molecular flexibility index (Phi) is 7.98. The highest BCUT2D eigenvalue weighted by atomic mass is 32.2. The van der Waals surface area contributed by atoms with Crippen LogP contribution < -0.4 is 4.74 Å². The van der Waals surface area contributed by atoms with Crippen LogP contribution in [0, 0.1) is 0 Å². The summed E-state index contributed by atoms with van der Waals surface area (Å²) in [5.41, 5.74) is 0.904. The van der Waals surface area contributed by atoms with Crippen LogP contribution in [0.5, 0.6) is 5.75 Å². The Balaban J connectivity index is 1.54. The topological polar surface area (TPSA) is 49.9 Å². The second-order valence-corrected chi connectivity index (χ2v) is 8.40. The molecule has 2 fully saturated rings. The molecule has 5 nitrogen and oxygen atoms in total. The molecule has 2 saturated heterocycles. The lowest BCUT2D eigenvalue weighted by molar-refractivity contribution is -0.124. The Hall–Kier alpha value is -1.79. The van der Waals surface area contributed by atoms with E-state index in [9.17, 15) is 9.59 Å². The van der Waals surface area contributed by atoms with Gasteiger partial charge in [0.05, 0.1) is 18.2 Å². The van der Waals surface area contributed by atoms with E-state index >= 15 is 0 Å². The minimum absolute atomic E-state index is 0.172. The average Bonchev–Trinajstić information content (AvgIpc) is 2.97. The number of hydrogen-bond donors (Lipinski definition) is 0. The van der Waals surface area contributed by atoms with E-state index in [1.807, 2.05) is 24.3 Å². The molecule has 0 spiro atoms. The van der Waals surface area contributed by atoms with Crippen molar-refractivity contribution >= 4 is 29.0 Å². The highest BCUT2D eigenvalue weighted by Gasteiger charge is 2.36. The molecule has 28 heavy (non-hydrogen) atoms. The Morgan fingerprint density at radius 1 is 1.04 bits per heavy atom. The van der Waals surface area contributed by atoms with Crippen LogP contribution in [0.3, 0.4) is 0 Å². The van der Waals surface area contributed by atoms with Crippen molar-refractivity contribution in [2.24, 2.45) is 0 Å². The van der Waals surface area contributed by atoms with Crippen LogP contribution in [0.1, 0.15) is 57.4 Å². The highest BCUT2D eigenvalue weighted by Crippen LogP contribution is 2.32. The Bertz CT molecular complexity index is 696. The number of likely N-dealkylation sites (tertiary alicyclic amines) is 1. The van der Waals surface area contributed by atoms with Crippen LogP contribution in [0.15, 0.2) is 29.2 Å². The molecule has 0 radical (unpaired) electrons. The maximum Gasteiger partial charge on any atom is 0.294 e. The number of benzene rings is 1. The molecule has 1 aromatic carbocycles. The standard InChI is InChI=1S/C22H30N2O3S/c1-2-3-4-8-15-27-19-11-9-18(10-12-19)16-20-21(25)24(22(26)28-20)17-23-13-6-5-7-14-23/h9-12,16H,2-8,13-15,17H2,1H3. The molecule has 0 atom stereocenters. The van der Waals surface area contributed by atoms with Gasteiger partial charge in [-0.05, 0) is 67.9 Å². The van der Waals surface area contributed by atoms with E-state index in [0.717, 1.165) is 62.0 Å². The third-order valence-corrected chi connectivity index (χ3v) is 6.02. The van der Waals surface area contributed by atoms with Gasteiger partial charge in [0.25, 0.3) is 11.1 Å². The van der Waals surface area contributed by atoms with Crippen molar-refractivity contribution in [1.82, 2.24) is 9.80 Å². The second-order valence-electron chi connectivity index (χ2n) is 7.41. The van der Waals surface area contributed by atoms with Crippen LogP contribution in [0.25, 0.3) is 6.08 Å². The van der Waals surface area contributed by atoms with Gasteiger partial charge in [-0.1, -0.05) is 44.7 Å². The number of carbonyl (C=O) groups is 2. The normalized spacial score (nSPS) is 19.6. The quantitative estimate of drug-likeness (QED) is 0.424. The fourth-order valence-electron chi connectivity index (χ4n) is 3.45. The number of piperidine rings is 1. The molecule has 2 aliphatic heterocycles. The molecule has 0 saturated carbocycles. The number of thioether (sulfide) groups is 1. The fraction of sp³-hybridized carbons (Fsp3) is 0.545. The molecular formula is C22H30N2O3S. The number of unbranched alkanes of at least 4 members (excludes halogenated alkanes) is 3. The minimum atomic E-state index is -0.183. The Labute approximate surface area is 172 Å². The first kappa shape index (κ1) is 20.9. The van der Waals surface area contributed by atoms with Gasteiger partial charge in [-0.25, -0.2) is 0 Å². The van der Waals surface area contributed by atoms with Gasteiger partial charge in [0.15, 0.2) is 0 Å². The van der Waals surface area contributed by atoms with E-state index in [1.54, 1.807) is 6.08 Å². The molecular weight excluding hydrogens is 372 g/mol. The lowest BCUT2D eigenvalue weighted by atomic mass is 10.1. The maximum atomic E-state index is 12.7. The van der Waals surface area contributed by atoms with E-state index in [2.05, 4.69) is 11.8 Å². The molecule has 2 amide bonds. The van der Waals surface area contributed by atoms with Gasteiger partial charge in [0.1, 0.15) is 5.75 Å². The first-order valence-electron chi connectivity index (χ1n) is 10.4. The van der Waals surface area contributed by atoms with Crippen molar-refractivity contribution in [3.05, 3.63) is 34.7 Å². The van der Waals surface area contributed by atoms with Crippen molar-refractivity contribution in [1.29, 1.82) is 0 Å². The third-order valence-electron chi connectivity index (χ3n) is 5.11. The molecule has 2 aliphatic rings. The van der Waals surface area contributed by atoms with Crippen LogP contribution in [-0.2, 0) is 4.79 Å². The van der Waals surface area contributed by atoms with E-state index in [4.69, 9.17) is 4.74 Å². The van der Waals surface area contributed by atoms with Crippen molar-refractivity contribution in [3.63, 3.8) is 0 Å². The minimum Gasteiger partial charge on any atom is -0.494 e. The average molecular weight is 403 g/mol. The monoisotopic (exact) mass is 402 g/mol. The molecule has 0 aliphatic carbocycles. The predicted octanol–water partition coefficient (Wildman–Crippen LogP) is 5.13. The lowest BCUT2D eigenvalue weighted by Crippen LogP contribution is -2.42. The molecule has 0 aromatic heterocycles. The molecule has 0 bridgehead atoms. The maximum absolute atomic E-state index is 12.7. The summed E-state index contributed by atoms with van der Waals surface area (Å²) in [4.78, 5) is 29.0. The molecule has 0 N–H and O–H groups in total. The summed E-state index contributed by atoms with van der Waals surface area (Å²) in [7, 11) is 0. The van der Waals surface area contributed by atoms with E-state index < -0.39 is 0 Å². The van der Waals surface area contributed by atoms with Gasteiger partial charge < -0.3 is 4.74 Å². The van der Waals surface area contributed by atoms with Gasteiger partial charge in [0.2, 0.25) is 0 Å². The highest BCUT2D eigenvalue weighted by molar-refractivity contribution is 8.18. The molecule has 6 heteroatoms. The zero-order valence-corrected chi connectivity index (χ0v) is 17.5. The van der Waals surface area contributed by atoms with Crippen LogP contribution in [-0.4, -0.2) is 47.3 Å². The number of imide groups is 1. The third kappa shape index (κ3) is 5.85. The summed E-state index contributed by atoms with van der Waals surface area (Å²) in [6.45, 7) is 5.25. The van der Waals surface area contributed by atoms with Gasteiger partial charge >= 0.3 is 0 Å². The zero-order chi connectivity index (χ0) is 19.8. The van der Waals surface area contributed by atoms with E-state index in [1.165, 1.54) is 30.6 Å². The van der Waals surface area contributed by atoms with E-state index in [0.29, 0.717) is 11.6 Å². The predicted molar refractivity (Wildman–Crippen MR) is 114 cm³/mol. The first-order valence-corrected chi connectivity index (χ1v) is 11.2. The van der Waals surface area contributed by atoms with Crippen molar-refractivity contribution in [3.8, 4) is 5.75 Å². The number of nitrogens with zero attached hydrogens (tertiary/aromatic N) is 2. The summed E-state index contributed by atoms with van der Waals surface area (Å²) in [6, 6.07) is 7.70. The number of rotatable bonds is 9. The summed E-state index contributed by atoms with van der Waals surface area (Å²) in [5, 5.41) is -0.172. The van der Waals surface area contributed by atoms with Crippen molar-refractivity contribution in [2.75, 3.05) is 26.4 Å². The number of amides is 2. The fourth-order valence-corrected chi connectivity index (χ4v) is 4.28. The summed E-state index contributed by atoms with van der Waals surface area (Å²) < 4.78 is 5.76. The molecule has 1 aromatic rings. The zero-order valence-electron chi connectivity index (χ0n) is 16.7. The van der Waals surface area contributed by atoms with Gasteiger partial charge in [0, 0.05) is 0 Å². The number of ether oxygens (including phenoxy) is 1. The Morgan fingerprint density at radius 3 is 2.50 bits per heavy atom. The largest absolute Gasteiger partial charge is 0.494 e. The van der Waals surface area contributed by atoms with Gasteiger partial charge in [-0.15, -0.1) is 0 Å². The van der Waals surface area contributed by atoms with Crippen LogP contribution in [0.2, 0.25) is 0 Å². The molecule has 2 heterocycles. The first-order chi connectivity index (χ1) is 13.7. The summed E-state index contributed by atoms with van der Waals surface area (Å²) >= 11 is 1.03. The van der Waals surface area contributed by atoms with Crippen molar-refractivity contribution < 1.29 is 14.3 Å². The lowest BCUT2D eigenvalue weighted by Gasteiger charge is -2.29. The van der Waals surface area contributed by atoms with Crippen LogP contribution in [0.4, 0.5) is 4.79 Å². The molecule has 3 rings (SSSR count). The molecule has 152 valence electrons. The Morgan fingerprint density at radius 2 is 1.79 bits per heavy atom. The smallest absolute Gasteiger partial charge is 0.294 e.